The van der Waals surface area contributed by atoms with Crippen LogP contribution in [0.3, 0.4) is 0 Å². The molecular formula is C25H35N3O. The lowest BCUT2D eigenvalue weighted by molar-refractivity contribution is 0.0959. The van der Waals surface area contributed by atoms with Gasteiger partial charge in [0.1, 0.15) is 5.82 Å². The van der Waals surface area contributed by atoms with Crippen molar-refractivity contribution in [3.63, 3.8) is 0 Å². The maximum absolute atomic E-state index is 13.1. The van der Waals surface area contributed by atoms with Gasteiger partial charge in [0.25, 0.3) is 0 Å². The summed E-state index contributed by atoms with van der Waals surface area (Å²) in [5, 5.41) is 0. The molecule has 0 bridgehead atoms. The Morgan fingerprint density at radius 2 is 1.69 bits per heavy atom. The maximum Gasteiger partial charge on any atom is 0.166 e. The fraction of sp³-hybridized carbons (Fsp3) is 0.560. The van der Waals surface area contributed by atoms with Gasteiger partial charge in [-0.3, -0.25) is 9.69 Å². The predicted molar refractivity (Wildman–Crippen MR) is 119 cm³/mol. The molecule has 1 aliphatic rings. The molecule has 156 valence electrons. The van der Waals surface area contributed by atoms with E-state index in [2.05, 4.69) is 62.7 Å². The van der Waals surface area contributed by atoms with Crippen molar-refractivity contribution >= 4 is 5.78 Å². The number of Topliss-reactive ketones (excluding diaryl/α,β-unsaturated/α-hetero) is 1. The molecule has 4 nitrogen and oxygen atoms in total. The molecule has 1 aromatic carbocycles. The van der Waals surface area contributed by atoms with Crippen LogP contribution < -0.4 is 0 Å². The molecule has 0 radical (unpaired) electrons. The highest BCUT2D eigenvalue weighted by Crippen LogP contribution is 2.32. The Kier molecular flexibility index (Phi) is 6.52. The molecule has 2 heterocycles. The highest BCUT2D eigenvalue weighted by Gasteiger charge is 2.30. The molecule has 29 heavy (non-hydrogen) atoms. The Morgan fingerprint density at radius 1 is 1.07 bits per heavy atom. The van der Waals surface area contributed by atoms with Crippen molar-refractivity contribution in [1.29, 1.82) is 0 Å². The van der Waals surface area contributed by atoms with E-state index < -0.39 is 0 Å². The van der Waals surface area contributed by atoms with Crippen LogP contribution in [0, 0.1) is 20.8 Å². The molecule has 1 aromatic heterocycles. The minimum absolute atomic E-state index is 0.164. The van der Waals surface area contributed by atoms with Gasteiger partial charge in [-0.25, -0.2) is 9.97 Å². The molecule has 0 atom stereocenters. The van der Waals surface area contributed by atoms with Gasteiger partial charge in [-0.2, -0.15) is 0 Å². The van der Waals surface area contributed by atoms with Crippen molar-refractivity contribution in [2.24, 2.45) is 0 Å². The third kappa shape index (κ3) is 5.51. The topological polar surface area (TPSA) is 46.1 Å². The average molecular weight is 394 g/mol. The summed E-state index contributed by atoms with van der Waals surface area (Å²) in [6, 6.07) is 6.52. The van der Waals surface area contributed by atoms with E-state index in [-0.39, 0.29) is 11.3 Å². The van der Waals surface area contributed by atoms with Crippen LogP contribution >= 0.6 is 0 Å². The van der Waals surface area contributed by atoms with E-state index >= 15 is 0 Å². The zero-order chi connectivity index (χ0) is 21.2. The molecule has 1 saturated heterocycles. The SMILES string of the molecule is Cc1cc(C)cc(CCC(=O)c2cnc(C)nc2C2CCN(C(C)(C)C)CC2)c1. The summed E-state index contributed by atoms with van der Waals surface area (Å²) in [6.07, 6.45) is 5.12. The normalized spacial score (nSPS) is 16.2. The Bertz CT molecular complexity index is 854. The minimum Gasteiger partial charge on any atom is -0.298 e. The van der Waals surface area contributed by atoms with Crippen LogP contribution in [-0.4, -0.2) is 39.3 Å². The van der Waals surface area contributed by atoms with Gasteiger partial charge in [-0.05, 0) is 79.5 Å². The molecular weight excluding hydrogens is 358 g/mol. The Labute approximate surface area is 175 Å². The number of aryl methyl sites for hydroxylation is 4. The zero-order valence-corrected chi connectivity index (χ0v) is 18.9. The van der Waals surface area contributed by atoms with Crippen LogP contribution in [0.2, 0.25) is 0 Å². The number of hydrogen-bond donors (Lipinski definition) is 0. The first-order valence-corrected chi connectivity index (χ1v) is 10.8. The van der Waals surface area contributed by atoms with Gasteiger partial charge < -0.3 is 0 Å². The van der Waals surface area contributed by atoms with E-state index in [1.807, 2.05) is 6.92 Å². The molecule has 0 aliphatic carbocycles. The molecule has 4 heteroatoms. The number of carbonyl (C=O) groups excluding carboxylic acids is 1. The number of hydrogen-bond acceptors (Lipinski definition) is 4. The number of carbonyl (C=O) groups is 1. The predicted octanol–water partition coefficient (Wildman–Crippen LogP) is 5.20. The first-order valence-electron chi connectivity index (χ1n) is 10.8. The lowest BCUT2D eigenvalue weighted by Gasteiger charge is -2.41. The highest BCUT2D eigenvalue weighted by molar-refractivity contribution is 5.97. The fourth-order valence-electron chi connectivity index (χ4n) is 4.44. The fourth-order valence-corrected chi connectivity index (χ4v) is 4.44. The van der Waals surface area contributed by atoms with Gasteiger partial charge in [0, 0.05) is 24.1 Å². The van der Waals surface area contributed by atoms with Crippen molar-refractivity contribution in [3.05, 3.63) is 58.2 Å². The smallest absolute Gasteiger partial charge is 0.166 e. The number of aromatic nitrogens is 2. The summed E-state index contributed by atoms with van der Waals surface area (Å²) in [5.74, 6) is 1.26. The number of rotatable bonds is 5. The van der Waals surface area contributed by atoms with E-state index in [1.54, 1.807) is 6.20 Å². The second-order valence-corrected chi connectivity index (χ2v) is 9.57. The van der Waals surface area contributed by atoms with Gasteiger partial charge in [0.15, 0.2) is 5.78 Å². The molecule has 0 spiro atoms. The first-order chi connectivity index (χ1) is 13.6. The maximum atomic E-state index is 13.1. The zero-order valence-electron chi connectivity index (χ0n) is 18.9. The van der Waals surface area contributed by atoms with Gasteiger partial charge >= 0.3 is 0 Å². The lowest BCUT2D eigenvalue weighted by atomic mass is 9.87. The summed E-state index contributed by atoms with van der Waals surface area (Å²) in [4.78, 5) is 24.7. The largest absolute Gasteiger partial charge is 0.298 e. The number of piperidine rings is 1. The van der Waals surface area contributed by atoms with E-state index in [9.17, 15) is 4.79 Å². The van der Waals surface area contributed by atoms with Gasteiger partial charge in [-0.15, -0.1) is 0 Å². The van der Waals surface area contributed by atoms with Gasteiger partial charge in [0.05, 0.1) is 11.3 Å². The Balaban J connectivity index is 1.74. The molecule has 0 unspecified atom stereocenters. The third-order valence-corrected chi connectivity index (χ3v) is 5.99. The molecule has 0 saturated carbocycles. The number of benzene rings is 1. The quantitative estimate of drug-likeness (QED) is 0.656. The van der Waals surface area contributed by atoms with Crippen LogP contribution in [0.25, 0.3) is 0 Å². The minimum atomic E-state index is 0.164. The number of likely N-dealkylation sites (tertiary alicyclic amines) is 1. The van der Waals surface area contributed by atoms with Crippen LogP contribution in [0.1, 0.15) is 84.5 Å². The average Bonchev–Trinajstić information content (AvgIpc) is 2.65. The second kappa shape index (κ2) is 8.74. The molecule has 2 aromatic rings. The molecule has 1 aliphatic heterocycles. The summed E-state index contributed by atoms with van der Waals surface area (Å²) in [6.45, 7) is 15.0. The summed E-state index contributed by atoms with van der Waals surface area (Å²) in [7, 11) is 0. The van der Waals surface area contributed by atoms with Crippen LogP contribution in [0.4, 0.5) is 0 Å². The molecule has 3 rings (SSSR count). The molecule has 1 fully saturated rings. The Morgan fingerprint density at radius 3 is 2.28 bits per heavy atom. The van der Waals surface area contributed by atoms with Crippen molar-refractivity contribution in [2.75, 3.05) is 13.1 Å². The van der Waals surface area contributed by atoms with Crippen LogP contribution in [0.5, 0.6) is 0 Å². The first kappa shape index (κ1) is 21.6. The van der Waals surface area contributed by atoms with Crippen molar-refractivity contribution in [3.8, 4) is 0 Å². The van der Waals surface area contributed by atoms with Gasteiger partial charge in [-0.1, -0.05) is 29.3 Å². The van der Waals surface area contributed by atoms with Crippen molar-refractivity contribution in [1.82, 2.24) is 14.9 Å². The monoisotopic (exact) mass is 393 g/mol. The van der Waals surface area contributed by atoms with Gasteiger partial charge in [0.2, 0.25) is 0 Å². The second-order valence-electron chi connectivity index (χ2n) is 9.57. The van der Waals surface area contributed by atoms with E-state index in [0.717, 1.165) is 49.4 Å². The third-order valence-electron chi connectivity index (χ3n) is 5.99. The van der Waals surface area contributed by atoms with Crippen molar-refractivity contribution in [2.45, 2.75) is 78.7 Å². The standard InChI is InChI=1S/C25H35N3O/c1-17-13-18(2)15-20(14-17)7-8-23(29)22-16-26-19(3)27-24(22)21-9-11-28(12-10-21)25(4,5)6/h13-16,21H,7-12H2,1-6H3. The number of nitrogens with zero attached hydrogens (tertiary/aromatic N) is 3. The highest BCUT2D eigenvalue weighted by atomic mass is 16.1. The number of ketones is 1. The van der Waals surface area contributed by atoms with Crippen LogP contribution in [-0.2, 0) is 6.42 Å². The van der Waals surface area contributed by atoms with E-state index in [4.69, 9.17) is 4.98 Å². The molecule has 0 amide bonds. The summed E-state index contributed by atoms with van der Waals surface area (Å²) in [5.41, 5.74) is 5.61. The van der Waals surface area contributed by atoms with Crippen molar-refractivity contribution < 1.29 is 4.79 Å². The summed E-state index contributed by atoms with van der Waals surface area (Å²) < 4.78 is 0. The summed E-state index contributed by atoms with van der Waals surface area (Å²) >= 11 is 0. The lowest BCUT2D eigenvalue weighted by Crippen LogP contribution is -2.45. The Hall–Kier alpha value is -2.07. The van der Waals surface area contributed by atoms with E-state index in [0.29, 0.717) is 12.3 Å². The van der Waals surface area contributed by atoms with E-state index in [1.165, 1.54) is 16.7 Å². The molecule has 0 N–H and O–H groups in total. The van der Waals surface area contributed by atoms with Crippen LogP contribution in [0.15, 0.2) is 24.4 Å².